The zero-order valence-electron chi connectivity index (χ0n) is 11.6. The third-order valence-electron chi connectivity index (χ3n) is 2.87. The summed E-state index contributed by atoms with van der Waals surface area (Å²) in [5.74, 6) is 0.739. The molecule has 0 aliphatic heterocycles. The highest BCUT2D eigenvalue weighted by molar-refractivity contribution is 5.86. The van der Waals surface area contributed by atoms with Crippen molar-refractivity contribution in [3.63, 3.8) is 0 Å². The summed E-state index contributed by atoms with van der Waals surface area (Å²) in [6, 6.07) is 3.53. The molecule has 1 heterocycles. The molecule has 0 fully saturated rings. The summed E-state index contributed by atoms with van der Waals surface area (Å²) < 4.78 is 10.6. The van der Waals surface area contributed by atoms with Crippen LogP contribution in [0.25, 0.3) is 0 Å². The van der Waals surface area contributed by atoms with Crippen molar-refractivity contribution in [3.05, 3.63) is 23.7 Å². The number of esters is 1. The zero-order chi connectivity index (χ0) is 13.4. The Balaban J connectivity index is 2.49. The molecule has 4 heteroatoms. The second kappa shape index (κ2) is 7.93. The number of nitrogens with zero attached hydrogens (tertiary/aromatic N) is 1. The second-order valence-corrected chi connectivity index (χ2v) is 4.22. The van der Waals surface area contributed by atoms with Crippen LogP contribution in [0.3, 0.4) is 0 Å². The number of rotatable bonds is 8. The number of unbranched alkanes of at least 4 members (excludes halogenated alkanes) is 1. The smallest absolute Gasteiger partial charge is 0.374 e. The lowest BCUT2D eigenvalue weighted by Gasteiger charge is -2.15. The second-order valence-electron chi connectivity index (χ2n) is 4.22. The molecule has 1 aromatic heterocycles. The summed E-state index contributed by atoms with van der Waals surface area (Å²) >= 11 is 0. The van der Waals surface area contributed by atoms with Crippen molar-refractivity contribution in [1.29, 1.82) is 0 Å². The topological polar surface area (TPSA) is 42.7 Å². The van der Waals surface area contributed by atoms with E-state index in [-0.39, 0.29) is 5.97 Å². The average Bonchev–Trinajstić information content (AvgIpc) is 2.84. The van der Waals surface area contributed by atoms with Crippen LogP contribution in [0.5, 0.6) is 0 Å². The molecule has 0 saturated carbocycles. The molecule has 0 radical (unpaired) electrons. The van der Waals surface area contributed by atoms with E-state index in [2.05, 4.69) is 25.7 Å². The van der Waals surface area contributed by atoms with E-state index in [0.717, 1.165) is 38.2 Å². The standard InChI is InChI=1S/C14H23NO3/c1-4-7-10-17-14(16)13-9-8-12(18-13)11-15(5-2)6-3/h8-9H,4-7,10-11H2,1-3H3. The Morgan fingerprint density at radius 1 is 1.28 bits per heavy atom. The third-order valence-corrected chi connectivity index (χ3v) is 2.87. The van der Waals surface area contributed by atoms with Crippen LogP contribution in [0, 0.1) is 0 Å². The molecule has 0 atom stereocenters. The van der Waals surface area contributed by atoms with E-state index in [9.17, 15) is 4.79 Å². The first kappa shape index (κ1) is 14.8. The summed E-state index contributed by atoms with van der Waals surface area (Å²) in [5, 5.41) is 0. The van der Waals surface area contributed by atoms with Gasteiger partial charge in [0.25, 0.3) is 0 Å². The van der Waals surface area contributed by atoms with Crippen molar-refractivity contribution < 1.29 is 13.9 Å². The highest BCUT2D eigenvalue weighted by Crippen LogP contribution is 2.12. The lowest BCUT2D eigenvalue weighted by atomic mass is 10.3. The molecule has 0 bridgehead atoms. The molecule has 18 heavy (non-hydrogen) atoms. The normalized spacial score (nSPS) is 10.9. The van der Waals surface area contributed by atoms with Crippen molar-refractivity contribution in [2.75, 3.05) is 19.7 Å². The molecule has 0 aromatic carbocycles. The maximum atomic E-state index is 11.6. The quantitative estimate of drug-likeness (QED) is 0.527. The van der Waals surface area contributed by atoms with Crippen LogP contribution in [-0.2, 0) is 11.3 Å². The van der Waals surface area contributed by atoms with Crippen molar-refractivity contribution in [2.24, 2.45) is 0 Å². The molecule has 0 aliphatic rings. The van der Waals surface area contributed by atoms with Gasteiger partial charge in [-0.1, -0.05) is 27.2 Å². The molecule has 0 saturated heterocycles. The molecule has 0 amide bonds. The van der Waals surface area contributed by atoms with Gasteiger partial charge in [-0.05, 0) is 31.6 Å². The maximum absolute atomic E-state index is 11.6. The fourth-order valence-corrected chi connectivity index (χ4v) is 1.62. The number of ether oxygens (including phenoxy) is 1. The predicted molar refractivity (Wildman–Crippen MR) is 70.5 cm³/mol. The Bertz CT molecular complexity index is 356. The largest absolute Gasteiger partial charge is 0.460 e. The molecule has 0 unspecified atom stereocenters. The Kier molecular flexibility index (Phi) is 6.50. The first-order valence-electron chi connectivity index (χ1n) is 6.69. The van der Waals surface area contributed by atoms with Gasteiger partial charge in [0.2, 0.25) is 5.76 Å². The van der Waals surface area contributed by atoms with Crippen molar-refractivity contribution in [3.8, 4) is 0 Å². The molecular weight excluding hydrogens is 230 g/mol. The molecular formula is C14H23NO3. The van der Waals surface area contributed by atoms with Gasteiger partial charge in [-0.25, -0.2) is 4.79 Å². The Morgan fingerprint density at radius 2 is 2.00 bits per heavy atom. The summed E-state index contributed by atoms with van der Waals surface area (Å²) in [6.07, 6.45) is 1.90. The minimum absolute atomic E-state index is 0.299. The molecule has 1 aromatic rings. The molecule has 1 rings (SSSR count). The third kappa shape index (κ3) is 4.53. The van der Waals surface area contributed by atoms with Gasteiger partial charge in [0.1, 0.15) is 5.76 Å². The fraction of sp³-hybridized carbons (Fsp3) is 0.643. The summed E-state index contributed by atoms with van der Waals surface area (Å²) in [7, 11) is 0. The van der Waals surface area contributed by atoms with E-state index in [0.29, 0.717) is 12.4 Å². The first-order valence-corrected chi connectivity index (χ1v) is 6.69. The van der Waals surface area contributed by atoms with E-state index >= 15 is 0 Å². The van der Waals surface area contributed by atoms with E-state index in [1.807, 2.05) is 6.07 Å². The molecule has 4 nitrogen and oxygen atoms in total. The van der Waals surface area contributed by atoms with Crippen LogP contribution in [0.1, 0.15) is 49.9 Å². The first-order chi connectivity index (χ1) is 8.71. The molecule has 102 valence electrons. The van der Waals surface area contributed by atoms with Crippen molar-refractivity contribution >= 4 is 5.97 Å². The van der Waals surface area contributed by atoms with Gasteiger partial charge in [0.15, 0.2) is 0 Å². The van der Waals surface area contributed by atoms with Gasteiger partial charge >= 0.3 is 5.97 Å². The van der Waals surface area contributed by atoms with Gasteiger partial charge in [0, 0.05) is 0 Å². The van der Waals surface area contributed by atoms with Gasteiger partial charge in [-0.3, -0.25) is 4.90 Å². The molecule has 0 spiro atoms. The zero-order valence-corrected chi connectivity index (χ0v) is 11.6. The molecule has 0 N–H and O–H groups in total. The fourth-order valence-electron chi connectivity index (χ4n) is 1.62. The number of hydrogen-bond donors (Lipinski definition) is 0. The van der Waals surface area contributed by atoms with E-state index in [4.69, 9.17) is 9.15 Å². The molecule has 0 aliphatic carbocycles. The van der Waals surface area contributed by atoms with Crippen LogP contribution >= 0.6 is 0 Å². The number of carbonyl (C=O) groups excluding carboxylic acids is 1. The monoisotopic (exact) mass is 253 g/mol. The van der Waals surface area contributed by atoms with Gasteiger partial charge in [0.05, 0.1) is 13.2 Å². The average molecular weight is 253 g/mol. The van der Waals surface area contributed by atoms with Crippen LogP contribution in [-0.4, -0.2) is 30.6 Å². The van der Waals surface area contributed by atoms with Gasteiger partial charge in [-0.2, -0.15) is 0 Å². The van der Waals surface area contributed by atoms with Crippen LogP contribution in [0.15, 0.2) is 16.5 Å². The van der Waals surface area contributed by atoms with Crippen molar-refractivity contribution in [2.45, 2.75) is 40.2 Å². The Morgan fingerprint density at radius 3 is 2.61 bits per heavy atom. The summed E-state index contributed by atoms with van der Waals surface area (Å²) in [6.45, 7) is 9.39. The highest BCUT2D eigenvalue weighted by Gasteiger charge is 2.13. The Labute approximate surface area is 109 Å². The van der Waals surface area contributed by atoms with E-state index in [1.165, 1.54) is 0 Å². The lowest BCUT2D eigenvalue weighted by Crippen LogP contribution is -2.21. The van der Waals surface area contributed by atoms with Crippen LogP contribution in [0.4, 0.5) is 0 Å². The predicted octanol–water partition coefficient (Wildman–Crippen LogP) is 3.08. The number of furan rings is 1. The maximum Gasteiger partial charge on any atom is 0.374 e. The number of hydrogen-bond acceptors (Lipinski definition) is 4. The van der Waals surface area contributed by atoms with E-state index in [1.54, 1.807) is 6.07 Å². The van der Waals surface area contributed by atoms with Crippen LogP contribution in [0.2, 0.25) is 0 Å². The Hall–Kier alpha value is -1.29. The minimum Gasteiger partial charge on any atom is -0.460 e. The van der Waals surface area contributed by atoms with E-state index < -0.39 is 0 Å². The highest BCUT2D eigenvalue weighted by atomic mass is 16.5. The minimum atomic E-state index is -0.366. The summed E-state index contributed by atoms with van der Waals surface area (Å²) in [5.41, 5.74) is 0. The number of carbonyl (C=O) groups is 1. The SMILES string of the molecule is CCCCOC(=O)c1ccc(CN(CC)CC)o1. The lowest BCUT2D eigenvalue weighted by molar-refractivity contribution is 0.0460. The summed E-state index contributed by atoms with van der Waals surface area (Å²) in [4.78, 5) is 13.9. The van der Waals surface area contributed by atoms with Crippen molar-refractivity contribution in [1.82, 2.24) is 4.90 Å². The van der Waals surface area contributed by atoms with Gasteiger partial charge in [-0.15, -0.1) is 0 Å². The van der Waals surface area contributed by atoms with Gasteiger partial charge < -0.3 is 9.15 Å². The van der Waals surface area contributed by atoms with Crippen LogP contribution < -0.4 is 0 Å².